The number of nitrogens with zero attached hydrogens (tertiary/aromatic N) is 1. The number of anilines is 1. The molecule has 25 heavy (non-hydrogen) atoms. The lowest BCUT2D eigenvalue weighted by Gasteiger charge is -2.57. The SMILES string of the molecule is CC(=O)Nc1ccc(/C=C/C(=O)N(C)[C@@H]2[C@H]3CCO[C@H]3C2(C)C)cc1. The first-order chi connectivity index (χ1) is 11.8. The van der Waals surface area contributed by atoms with Gasteiger partial charge in [0, 0.05) is 49.7 Å². The molecule has 1 heterocycles. The first-order valence-electron chi connectivity index (χ1n) is 8.75. The second-order valence-corrected chi connectivity index (χ2v) is 7.60. The molecule has 0 unspecified atom stereocenters. The van der Waals surface area contributed by atoms with Gasteiger partial charge in [0.25, 0.3) is 0 Å². The maximum atomic E-state index is 12.6. The van der Waals surface area contributed by atoms with E-state index in [-0.39, 0.29) is 29.4 Å². The van der Waals surface area contributed by atoms with Gasteiger partial charge in [-0.05, 0) is 30.2 Å². The van der Waals surface area contributed by atoms with Gasteiger partial charge >= 0.3 is 0 Å². The minimum Gasteiger partial charge on any atom is -0.377 e. The molecule has 0 aromatic heterocycles. The van der Waals surface area contributed by atoms with Gasteiger partial charge in [0.2, 0.25) is 11.8 Å². The predicted molar refractivity (Wildman–Crippen MR) is 98.0 cm³/mol. The molecule has 2 fully saturated rings. The molecule has 0 bridgehead atoms. The van der Waals surface area contributed by atoms with Crippen LogP contribution in [0, 0.1) is 11.3 Å². The highest BCUT2D eigenvalue weighted by atomic mass is 16.5. The zero-order valence-electron chi connectivity index (χ0n) is 15.3. The van der Waals surface area contributed by atoms with Crippen molar-refractivity contribution in [2.24, 2.45) is 11.3 Å². The third-order valence-electron chi connectivity index (χ3n) is 5.45. The number of benzene rings is 1. The number of amides is 2. The van der Waals surface area contributed by atoms with Crippen LogP contribution in [0.15, 0.2) is 30.3 Å². The Balaban J connectivity index is 1.63. The Morgan fingerprint density at radius 1 is 1.28 bits per heavy atom. The molecule has 1 saturated heterocycles. The highest BCUT2D eigenvalue weighted by molar-refractivity contribution is 5.92. The number of hydrogen-bond acceptors (Lipinski definition) is 3. The van der Waals surface area contributed by atoms with Gasteiger partial charge in [-0.2, -0.15) is 0 Å². The van der Waals surface area contributed by atoms with E-state index in [0.29, 0.717) is 5.92 Å². The Bertz CT molecular complexity index is 693. The van der Waals surface area contributed by atoms with E-state index >= 15 is 0 Å². The molecule has 1 aliphatic carbocycles. The largest absolute Gasteiger partial charge is 0.377 e. The molecule has 1 aromatic carbocycles. The maximum Gasteiger partial charge on any atom is 0.246 e. The quantitative estimate of drug-likeness (QED) is 0.856. The number of hydrogen-bond donors (Lipinski definition) is 1. The van der Waals surface area contributed by atoms with Crippen molar-refractivity contribution in [2.45, 2.75) is 39.3 Å². The summed E-state index contributed by atoms with van der Waals surface area (Å²) in [6.07, 6.45) is 4.74. The van der Waals surface area contributed by atoms with E-state index in [9.17, 15) is 9.59 Å². The van der Waals surface area contributed by atoms with Crippen molar-refractivity contribution in [1.29, 1.82) is 0 Å². The summed E-state index contributed by atoms with van der Waals surface area (Å²) < 4.78 is 5.81. The van der Waals surface area contributed by atoms with Crippen LogP contribution in [0.4, 0.5) is 5.69 Å². The first kappa shape index (κ1) is 17.7. The third-order valence-corrected chi connectivity index (χ3v) is 5.45. The molecule has 2 amide bonds. The second-order valence-electron chi connectivity index (χ2n) is 7.60. The molecule has 5 heteroatoms. The summed E-state index contributed by atoms with van der Waals surface area (Å²) in [5, 5.41) is 2.73. The average Bonchev–Trinajstić information content (AvgIpc) is 2.99. The lowest BCUT2D eigenvalue weighted by Crippen LogP contribution is -2.66. The van der Waals surface area contributed by atoms with Crippen LogP contribution in [0.1, 0.15) is 32.8 Å². The van der Waals surface area contributed by atoms with Crippen LogP contribution < -0.4 is 5.32 Å². The lowest BCUT2D eigenvalue weighted by molar-refractivity contribution is -0.163. The topological polar surface area (TPSA) is 58.6 Å². The summed E-state index contributed by atoms with van der Waals surface area (Å²) in [6, 6.07) is 7.63. The van der Waals surface area contributed by atoms with Crippen molar-refractivity contribution in [3.8, 4) is 0 Å². The van der Waals surface area contributed by atoms with E-state index in [1.54, 1.807) is 6.08 Å². The molecule has 1 N–H and O–H groups in total. The summed E-state index contributed by atoms with van der Waals surface area (Å²) in [5.41, 5.74) is 1.67. The van der Waals surface area contributed by atoms with Crippen LogP contribution in [0.5, 0.6) is 0 Å². The monoisotopic (exact) mass is 342 g/mol. The highest BCUT2D eigenvalue weighted by Crippen LogP contribution is 2.54. The van der Waals surface area contributed by atoms with Gasteiger partial charge in [-0.1, -0.05) is 26.0 Å². The normalized spacial score (nSPS) is 26.8. The fourth-order valence-electron chi connectivity index (χ4n) is 4.39. The van der Waals surface area contributed by atoms with E-state index in [4.69, 9.17) is 4.74 Å². The van der Waals surface area contributed by atoms with Crippen LogP contribution in [0.25, 0.3) is 6.08 Å². The molecule has 2 aliphatic rings. The van der Waals surface area contributed by atoms with Crippen LogP contribution in [-0.4, -0.2) is 42.5 Å². The minimum atomic E-state index is -0.0996. The second kappa shape index (κ2) is 6.64. The maximum absolute atomic E-state index is 12.6. The summed E-state index contributed by atoms with van der Waals surface area (Å²) in [5.74, 6) is 0.362. The molecule has 1 aromatic rings. The Morgan fingerprint density at radius 3 is 2.60 bits per heavy atom. The molecule has 0 radical (unpaired) electrons. The van der Waals surface area contributed by atoms with Gasteiger partial charge in [0.15, 0.2) is 0 Å². The molecule has 1 aliphatic heterocycles. The Hall–Kier alpha value is -2.14. The average molecular weight is 342 g/mol. The number of ether oxygens (including phenoxy) is 1. The fourth-order valence-corrected chi connectivity index (χ4v) is 4.39. The van der Waals surface area contributed by atoms with Crippen LogP contribution in [-0.2, 0) is 14.3 Å². The molecule has 134 valence electrons. The van der Waals surface area contributed by atoms with Gasteiger partial charge in [-0.15, -0.1) is 0 Å². The van der Waals surface area contributed by atoms with Gasteiger partial charge in [0.1, 0.15) is 0 Å². The van der Waals surface area contributed by atoms with Crippen LogP contribution in [0.2, 0.25) is 0 Å². The van der Waals surface area contributed by atoms with Gasteiger partial charge < -0.3 is 15.0 Å². The van der Waals surface area contributed by atoms with Gasteiger partial charge in [-0.25, -0.2) is 0 Å². The molecular formula is C20H26N2O3. The predicted octanol–water partition coefficient (Wildman–Crippen LogP) is 2.93. The van der Waals surface area contributed by atoms with Crippen LogP contribution in [0.3, 0.4) is 0 Å². The summed E-state index contributed by atoms with van der Waals surface area (Å²) in [4.78, 5) is 25.5. The summed E-state index contributed by atoms with van der Waals surface area (Å²) in [7, 11) is 1.88. The van der Waals surface area contributed by atoms with Crippen molar-refractivity contribution < 1.29 is 14.3 Å². The zero-order valence-corrected chi connectivity index (χ0v) is 15.3. The molecule has 1 saturated carbocycles. The van der Waals surface area contributed by atoms with Crippen molar-refractivity contribution in [3.05, 3.63) is 35.9 Å². The molecule has 3 rings (SSSR count). The van der Waals surface area contributed by atoms with Crippen molar-refractivity contribution in [2.75, 3.05) is 19.0 Å². The van der Waals surface area contributed by atoms with Crippen molar-refractivity contribution in [1.82, 2.24) is 4.90 Å². The zero-order chi connectivity index (χ0) is 18.2. The summed E-state index contributed by atoms with van der Waals surface area (Å²) in [6.45, 7) is 6.63. The number of carbonyl (C=O) groups is 2. The number of rotatable bonds is 4. The Morgan fingerprint density at radius 2 is 1.96 bits per heavy atom. The number of likely N-dealkylation sites (N-methyl/N-ethyl adjacent to an activating group) is 1. The standard InChI is InChI=1S/C20H26N2O3/c1-13(23)21-15-8-5-14(6-9-15)7-10-17(24)22(4)18-16-11-12-25-19(16)20(18,2)3/h5-10,16,18-19H,11-12H2,1-4H3,(H,21,23)/b10-7+/t16-,18-,19-/m1/s1. The van der Waals surface area contributed by atoms with Crippen LogP contribution >= 0.6 is 0 Å². The molecule has 0 spiro atoms. The molecular weight excluding hydrogens is 316 g/mol. The molecule has 5 nitrogen and oxygen atoms in total. The van der Waals surface area contributed by atoms with Gasteiger partial charge in [-0.3, -0.25) is 9.59 Å². The van der Waals surface area contributed by atoms with E-state index in [0.717, 1.165) is 24.3 Å². The first-order valence-corrected chi connectivity index (χ1v) is 8.75. The number of nitrogens with one attached hydrogen (secondary N) is 1. The van der Waals surface area contributed by atoms with Crippen molar-refractivity contribution >= 4 is 23.6 Å². The summed E-state index contributed by atoms with van der Waals surface area (Å²) >= 11 is 0. The van der Waals surface area contributed by atoms with E-state index in [2.05, 4.69) is 19.2 Å². The lowest BCUT2D eigenvalue weighted by atomic mass is 9.57. The number of carbonyl (C=O) groups excluding carboxylic acids is 2. The van der Waals surface area contributed by atoms with E-state index in [1.807, 2.05) is 42.3 Å². The highest BCUT2D eigenvalue weighted by Gasteiger charge is 2.61. The fraction of sp³-hybridized carbons (Fsp3) is 0.500. The Kier molecular flexibility index (Phi) is 4.69. The van der Waals surface area contributed by atoms with E-state index < -0.39 is 0 Å². The Labute approximate surface area is 149 Å². The van der Waals surface area contributed by atoms with E-state index in [1.165, 1.54) is 6.92 Å². The third kappa shape index (κ3) is 3.33. The smallest absolute Gasteiger partial charge is 0.246 e. The van der Waals surface area contributed by atoms with Crippen molar-refractivity contribution in [3.63, 3.8) is 0 Å². The number of fused-ring (bicyclic) bond motifs is 1. The van der Waals surface area contributed by atoms with Gasteiger partial charge in [0.05, 0.1) is 6.10 Å². The molecule has 3 atom stereocenters. The minimum absolute atomic E-state index is 0.000571.